The van der Waals surface area contributed by atoms with Gasteiger partial charge in [-0.2, -0.15) is 0 Å². The molecule has 0 saturated heterocycles. The molecule has 0 bridgehead atoms. The highest BCUT2D eigenvalue weighted by atomic mass is 19.1. The van der Waals surface area contributed by atoms with Gasteiger partial charge in [0.25, 0.3) is 5.56 Å². The first-order chi connectivity index (χ1) is 12.9. The van der Waals surface area contributed by atoms with Gasteiger partial charge in [-0.25, -0.2) is 14.0 Å². The van der Waals surface area contributed by atoms with Gasteiger partial charge in [-0.15, -0.1) is 6.42 Å². The topological polar surface area (TPSA) is 90.4 Å². The number of carbonyl (C=O) groups is 1. The zero-order valence-electron chi connectivity index (χ0n) is 14.3. The molecule has 27 heavy (non-hydrogen) atoms. The van der Waals surface area contributed by atoms with Crippen LogP contribution in [0.4, 0.5) is 4.39 Å². The number of aryl methyl sites for hydroxylation is 1. The number of carbonyl (C=O) groups excluding carboxylic acids is 1. The Morgan fingerprint density at radius 3 is 2.78 bits per heavy atom. The van der Waals surface area contributed by atoms with Gasteiger partial charge in [-0.3, -0.25) is 14.3 Å². The minimum absolute atomic E-state index is 0.237. The van der Waals surface area contributed by atoms with E-state index in [1.165, 1.54) is 25.3 Å². The van der Waals surface area contributed by atoms with Crippen molar-refractivity contribution in [3.05, 3.63) is 80.4 Å². The van der Waals surface area contributed by atoms with Gasteiger partial charge in [0.05, 0.1) is 5.56 Å². The van der Waals surface area contributed by atoms with Crippen LogP contribution in [-0.4, -0.2) is 27.7 Å². The lowest BCUT2D eigenvalue weighted by Crippen LogP contribution is -2.39. The average Bonchev–Trinajstić information content (AvgIpc) is 3.00. The standard InChI is InChI=1S/C19H15FN2O5/c1-3-19(11-26-17(24)13-7-5-4-6-8-13)14(20)9-15(27-19)22-10-12(2)16(23)21-18(22)25/h1,4-10,15H,11H2,2H3,(H,21,23,25)/t15-,19-/m1/s1. The third-order valence-electron chi connectivity index (χ3n) is 4.07. The first kappa shape index (κ1) is 18.4. The molecule has 0 unspecified atom stereocenters. The molecule has 0 saturated carbocycles. The molecule has 7 nitrogen and oxygen atoms in total. The third kappa shape index (κ3) is 3.45. The molecule has 138 valence electrons. The van der Waals surface area contributed by atoms with Crippen molar-refractivity contribution < 1.29 is 18.7 Å². The molecule has 2 atom stereocenters. The highest BCUT2D eigenvalue weighted by molar-refractivity contribution is 5.89. The van der Waals surface area contributed by atoms with Crippen LogP contribution in [0.5, 0.6) is 0 Å². The first-order valence-corrected chi connectivity index (χ1v) is 7.94. The molecular weight excluding hydrogens is 355 g/mol. The number of hydrogen-bond acceptors (Lipinski definition) is 5. The number of nitrogens with one attached hydrogen (secondary N) is 1. The summed E-state index contributed by atoms with van der Waals surface area (Å²) in [6.45, 7) is 0.910. The second kappa shape index (κ2) is 7.05. The van der Waals surface area contributed by atoms with E-state index >= 15 is 0 Å². The molecule has 0 spiro atoms. The van der Waals surface area contributed by atoms with E-state index in [1.807, 2.05) is 0 Å². The number of rotatable bonds is 4. The van der Waals surface area contributed by atoms with Crippen molar-refractivity contribution in [1.29, 1.82) is 0 Å². The molecular formula is C19H15FN2O5. The number of nitrogens with zero attached hydrogens (tertiary/aromatic N) is 1. The molecule has 1 aromatic carbocycles. The maximum atomic E-state index is 14.6. The monoisotopic (exact) mass is 370 g/mol. The van der Waals surface area contributed by atoms with Crippen molar-refractivity contribution in [3.8, 4) is 12.3 Å². The zero-order chi connectivity index (χ0) is 19.6. The van der Waals surface area contributed by atoms with Crippen molar-refractivity contribution in [1.82, 2.24) is 9.55 Å². The quantitative estimate of drug-likeness (QED) is 0.650. The predicted octanol–water partition coefficient (Wildman–Crippen LogP) is 1.46. The van der Waals surface area contributed by atoms with E-state index in [-0.39, 0.29) is 11.1 Å². The Morgan fingerprint density at radius 2 is 2.11 bits per heavy atom. The molecule has 3 rings (SSSR count). The van der Waals surface area contributed by atoms with Crippen LogP contribution in [0, 0.1) is 19.3 Å². The summed E-state index contributed by atoms with van der Waals surface area (Å²) in [4.78, 5) is 37.6. The van der Waals surface area contributed by atoms with Gasteiger partial charge in [0.2, 0.25) is 5.60 Å². The summed E-state index contributed by atoms with van der Waals surface area (Å²) in [6.07, 6.45) is 6.46. The first-order valence-electron chi connectivity index (χ1n) is 7.94. The second-order valence-corrected chi connectivity index (χ2v) is 5.92. The summed E-state index contributed by atoms with van der Waals surface area (Å²) < 4.78 is 26.2. The Bertz CT molecular complexity index is 1060. The summed E-state index contributed by atoms with van der Waals surface area (Å²) in [6, 6.07) is 8.12. The van der Waals surface area contributed by atoms with Gasteiger partial charge < -0.3 is 9.47 Å². The molecule has 8 heteroatoms. The van der Waals surface area contributed by atoms with Gasteiger partial charge in [0.15, 0.2) is 6.23 Å². The Hall–Kier alpha value is -3.44. The fraction of sp³-hybridized carbons (Fsp3) is 0.211. The Balaban J connectivity index is 1.82. The van der Waals surface area contributed by atoms with Crippen LogP contribution in [-0.2, 0) is 9.47 Å². The van der Waals surface area contributed by atoms with Crippen molar-refractivity contribution in [3.63, 3.8) is 0 Å². The van der Waals surface area contributed by atoms with E-state index in [1.54, 1.807) is 18.2 Å². The fourth-order valence-electron chi connectivity index (χ4n) is 2.54. The maximum absolute atomic E-state index is 14.6. The van der Waals surface area contributed by atoms with E-state index in [0.29, 0.717) is 0 Å². The van der Waals surface area contributed by atoms with E-state index in [2.05, 4.69) is 10.9 Å². The summed E-state index contributed by atoms with van der Waals surface area (Å²) in [7, 11) is 0. The van der Waals surface area contributed by atoms with Gasteiger partial charge in [-0.1, -0.05) is 24.1 Å². The van der Waals surface area contributed by atoms with Gasteiger partial charge in [0, 0.05) is 17.8 Å². The van der Waals surface area contributed by atoms with Crippen LogP contribution in [0.15, 0.2) is 58.0 Å². The number of H-pyrrole nitrogens is 1. The molecule has 1 aromatic heterocycles. The maximum Gasteiger partial charge on any atom is 0.338 e. The number of aromatic nitrogens is 2. The molecule has 0 fully saturated rings. The van der Waals surface area contributed by atoms with Gasteiger partial charge >= 0.3 is 11.7 Å². The highest BCUT2D eigenvalue weighted by Gasteiger charge is 2.45. The van der Waals surface area contributed by atoms with E-state index in [4.69, 9.17) is 15.9 Å². The molecule has 2 heterocycles. The van der Waals surface area contributed by atoms with E-state index in [9.17, 15) is 18.8 Å². The van der Waals surface area contributed by atoms with Crippen LogP contribution >= 0.6 is 0 Å². The largest absolute Gasteiger partial charge is 0.457 e. The molecule has 0 radical (unpaired) electrons. The minimum Gasteiger partial charge on any atom is -0.457 e. The van der Waals surface area contributed by atoms with Crippen LogP contribution < -0.4 is 11.2 Å². The average molecular weight is 370 g/mol. The number of esters is 1. The smallest absolute Gasteiger partial charge is 0.338 e. The minimum atomic E-state index is -1.96. The Labute approximate surface area is 153 Å². The summed E-state index contributed by atoms with van der Waals surface area (Å²) in [5.74, 6) is 0.588. The molecule has 0 aliphatic carbocycles. The van der Waals surface area contributed by atoms with Crippen LogP contribution in [0.1, 0.15) is 22.1 Å². The number of hydrogen-bond donors (Lipinski definition) is 1. The summed E-state index contributed by atoms with van der Waals surface area (Å²) in [5.41, 5.74) is -2.79. The molecule has 1 aliphatic heterocycles. The van der Waals surface area contributed by atoms with Crippen LogP contribution in [0.25, 0.3) is 0 Å². The Kier molecular flexibility index (Phi) is 4.79. The van der Waals surface area contributed by atoms with Gasteiger partial charge in [-0.05, 0) is 19.1 Å². The number of halogens is 1. The summed E-state index contributed by atoms with van der Waals surface area (Å²) >= 11 is 0. The lowest BCUT2D eigenvalue weighted by Gasteiger charge is -2.24. The van der Waals surface area contributed by atoms with Crippen molar-refractivity contribution in [2.75, 3.05) is 6.61 Å². The van der Waals surface area contributed by atoms with Crippen molar-refractivity contribution in [2.24, 2.45) is 0 Å². The number of benzene rings is 1. The molecule has 2 aromatic rings. The van der Waals surface area contributed by atoms with Gasteiger partial charge in [0.1, 0.15) is 12.4 Å². The van der Waals surface area contributed by atoms with E-state index < -0.39 is 41.5 Å². The molecule has 1 aliphatic rings. The number of ether oxygens (including phenoxy) is 2. The second-order valence-electron chi connectivity index (χ2n) is 5.92. The van der Waals surface area contributed by atoms with Crippen molar-refractivity contribution in [2.45, 2.75) is 18.8 Å². The lowest BCUT2D eigenvalue weighted by atomic mass is 10.1. The molecule has 1 N–H and O–H groups in total. The highest BCUT2D eigenvalue weighted by Crippen LogP contribution is 2.36. The Morgan fingerprint density at radius 1 is 1.41 bits per heavy atom. The fourth-order valence-corrected chi connectivity index (χ4v) is 2.54. The van der Waals surface area contributed by atoms with Crippen LogP contribution in [0.3, 0.4) is 0 Å². The zero-order valence-corrected chi connectivity index (χ0v) is 14.3. The number of terminal acetylenes is 1. The third-order valence-corrected chi connectivity index (χ3v) is 4.07. The summed E-state index contributed by atoms with van der Waals surface area (Å²) in [5, 5.41) is 0. The predicted molar refractivity (Wildman–Crippen MR) is 93.7 cm³/mol. The number of aromatic amines is 1. The van der Waals surface area contributed by atoms with Crippen LogP contribution in [0.2, 0.25) is 0 Å². The molecule has 0 amide bonds. The van der Waals surface area contributed by atoms with Crippen molar-refractivity contribution >= 4 is 5.97 Å². The normalized spacial score (nSPS) is 21.4. The lowest BCUT2D eigenvalue weighted by molar-refractivity contribution is -0.0677. The van der Waals surface area contributed by atoms with E-state index in [0.717, 1.165) is 10.6 Å². The SMILES string of the molecule is C#C[C@]1(COC(=O)c2ccccc2)O[C@@H](n2cc(C)c(=O)[nH]c2=O)C=C1F.